The Morgan fingerprint density at radius 3 is 2.67 bits per heavy atom. The van der Waals surface area contributed by atoms with Gasteiger partial charge in [0.2, 0.25) is 0 Å². The van der Waals surface area contributed by atoms with Crippen LogP contribution in [0.2, 0.25) is 0 Å². The summed E-state index contributed by atoms with van der Waals surface area (Å²) in [6.45, 7) is 1.95. The van der Waals surface area contributed by atoms with Crippen LogP contribution in [0.5, 0.6) is 0 Å². The summed E-state index contributed by atoms with van der Waals surface area (Å²) in [5, 5.41) is 22.1. The number of thioether (sulfide) groups is 1. The maximum atomic E-state index is 12.5. The van der Waals surface area contributed by atoms with E-state index in [1.54, 1.807) is 0 Å². The summed E-state index contributed by atoms with van der Waals surface area (Å²) in [4.78, 5) is 25.2. The number of hydrogen-bond acceptors (Lipinski definition) is 4. The molecule has 2 rings (SSSR count). The molecule has 1 aliphatic heterocycles. The molecule has 4 atom stereocenters. The number of carboxylic acid groups (broad SMARTS) is 1. The van der Waals surface area contributed by atoms with E-state index in [0.717, 1.165) is 32.1 Å². The Morgan fingerprint density at radius 2 is 2.00 bits per heavy atom. The smallest absolute Gasteiger partial charge is 0.327 e. The molecule has 0 spiro atoms. The molecule has 4 unspecified atom stereocenters. The third-order valence-electron chi connectivity index (χ3n) is 4.25. The molecule has 2 aliphatic rings. The van der Waals surface area contributed by atoms with Crippen molar-refractivity contribution in [3.8, 4) is 0 Å². The van der Waals surface area contributed by atoms with Gasteiger partial charge in [-0.3, -0.25) is 4.90 Å². The van der Waals surface area contributed by atoms with Crippen LogP contribution in [0.3, 0.4) is 0 Å². The molecule has 21 heavy (non-hydrogen) atoms. The number of nitrogens with one attached hydrogen (secondary N) is 1. The first-order valence-electron chi connectivity index (χ1n) is 7.66. The number of carbonyl (C=O) groups is 2. The molecular weight excluding hydrogens is 292 g/mol. The quantitative estimate of drug-likeness (QED) is 0.689. The highest BCUT2D eigenvalue weighted by Crippen LogP contribution is 2.31. The molecule has 0 radical (unpaired) electrons. The summed E-state index contributed by atoms with van der Waals surface area (Å²) in [5.74, 6) is -0.538. The Hall–Kier alpha value is -0.950. The van der Waals surface area contributed by atoms with Crippen LogP contribution >= 0.6 is 11.8 Å². The Labute approximate surface area is 129 Å². The highest BCUT2D eigenvalue weighted by molar-refractivity contribution is 8.00. The van der Waals surface area contributed by atoms with E-state index in [1.807, 2.05) is 6.92 Å². The van der Waals surface area contributed by atoms with E-state index >= 15 is 0 Å². The van der Waals surface area contributed by atoms with Gasteiger partial charge in [-0.2, -0.15) is 0 Å². The second-order valence-electron chi connectivity index (χ2n) is 5.72. The van der Waals surface area contributed by atoms with Crippen LogP contribution in [0.1, 0.15) is 45.4 Å². The molecule has 1 heterocycles. The molecule has 120 valence electrons. The predicted molar refractivity (Wildman–Crippen MR) is 81.2 cm³/mol. The fourth-order valence-corrected chi connectivity index (χ4v) is 4.38. The second-order valence-corrected chi connectivity index (χ2v) is 6.93. The molecule has 6 nitrogen and oxygen atoms in total. The van der Waals surface area contributed by atoms with Gasteiger partial charge >= 0.3 is 12.0 Å². The van der Waals surface area contributed by atoms with Gasteiger partial charge in [0.15, 0.2) is 0 Å². The van der Waals surface area contributed by atoms with Crippen LogP contribution < -0.4 is 5.32 Å². The Balaban J connectivity index is 2.04. The summed E-state index contributed by atoms with van der Waals surface area (Å²) in [5.41, 5.74) is 0. The van der Waals surface area contributed by atoms with E-state index in [0.29, 0.717) is 12.2 Å². The van der Waals surface area contributed by atoms with Gasteiger partial charge in [0.25, 0.3) is 0 Å². The van der Waals surface area contributed by atoms with Crippen LogP contribution in [0.4, 0.5) is 4.79 Å². The monoisotopic (exact) mass is 316 g/mol. The lowest BCUT2D eigenvalue weighted by Crippen LogP contribution is -2.54. The minimum atomic E-state index is -0.963. The Morgan fingerprint density at radius 1 is 1.29 bits per heavy atom. The standard InChI is InChI=1S/C14H24N2O4S/c1-2-12-16(10(8-21-12)13(18)19)14(20)15-9-6-4-3-5-7-11(9)17/h9-12,17H,2-8H2,1H3,(H,15,20)(H,18,19). The lowest BCUT2D eigenvalue weighted by molar-refractivity contribution is -0.141. The van der Waals surface area contributed by atoms with Crippen molar-refractivity contribution in [2.24, 2.45) is 0 Å². The number of aliphatic carboxylic acids is 1. The maximum Gasteiger partial charge on any atom is 0.327 e. The van der Waals surface area contributed by atoms with Crippen molar-refractivity contribution in [3.05, 3.63) is 0 Å². The lowest BCUT2D eigenvalue weighted by Gasteiger charge is -2.30. The second kappa shape index (κ2) is 7.35. The average molecular weight is 316 g/mol. The Bertz CT molecular complexity index is 393. The topological polar surface area (TPSA) is 89.9 Å². The first-order valence-corrected chi connectivity index (χ1v) is 8.70. The van der Waals surface area contributed by atoms with Crippen LogP contribution in [-0.4, -0.2) is 56.4 Å². The summed E-state index contributed by atoms with van der Waals surface area (Å²) in [6.07, 6.45) is 4.66. The van der Waals surface area contributed by atoms with E-state index in [9.17, 15) is 19.8 Å². The fourth-order valence-electron chi connectivity index (χ4n) is 3.03. The number of nitrogens with zero attached hydrogens (tertiary/aromatic N) is 1. The van der Waals surface area contributed by atoms with Crippen LogP contribution in [0.25, 0.3) is 0 Å². The molecular formula is C14H24N2O4S. The van der Waals surface area contributed by atoms with Crippen molar-refractivity contribution in [2.45, 2.75) is 69.0 Å². The molecule has 2 fully saturated rings. The number of rotatable bonds is 3. The summed E-state index contributed by atoms with van der Waals surface area (Å²) >= 11 is 1.50. The molecule has 0 aromatic heterocycles. The fraction of sp³-hybridized carbons (Fsp3) is 0.857. The molecule has 0 aromatic carbocycles. The number of aliphatic hydroxyl groups excluding tert-OH is 1. The SMILES string of the molecule is CCC1SCC(C(=O)O)N1C(=O)NC1CCCCCC1O. The molecule has 3 N–H and O–H groups in total. The zero-order valence-electron chi connectivity index (χ0n) is 12.3. The van der Waals surface area contributed by atoms with Crippen molar-refractivity contribution in [1.29, 1.82) is 0 Å². The molecule has 1 aliphatic carbocycles. The lowest BCUT2D eigenvalue weighted by atomic mass is 10.1. The van der Waals surface area contributed by atoms with Crippen molar-refractivity contribution in [3.63, 3.8) is 0 Å². The van der Waals surface area contributed by atoms with Gasteiger partial charge in [-0.15, -0.1) is 11.8 Å². The number of carboxylic acids is 1. The first kappa shape index (κ1) is 16.4. The van der Waals surface area contributed by atoms with Crippen LogP contribution in [-0.2, 0) is 4.79 Å². The third kappa shape index (κ3) is 3.83. The highest BCUT2D eigenvalue weighted by Gasteiger charge is 2.41. The van der Waals surface area contributed by atoms with Crippen LogP contribution in [0, 0.1) is 0 Å². The summed E-state index contributed by atoms with van der Waals surface area (Å²) in [6, 6.07) is -1.40. The molecule has 7 heteroatoms. The Kier molecular flexibility index (Phi) is 5.75. The number of hydrogen-bond donors (Lipinski definition) is 3. The minimum Gasteiger partial charge on any atom is -0.480 e. The summed E-state index contributed by atoms with van der Waals surface area (Å²) in [7, 11) is 0. The molecule has 0 bridgehead atoms. The van der Waals surface area contributed by atoms with E-state index in [-0.39, 0.29) is 17.4 Å². The van der Waals surface area contributed by atoms with E-state index in [2.05, 4.69) is 5.32 Å². The predicted octanol–water partition coefficient (Wildman–Crippen LogP) is 1.63. The number of aliphatic hydroxyl groups is 1. The number of urea groups is 1. The normalized spacial score (nSPS) is 33.5. The zero-order chi connectivity index (χ0) is 15.4. The van der Waals surface area contributed by atoms with E-state index < -0.39 is 18.1 Å². The van der Waals surface area contributed by atoms with E-state index in [4.69, 9.17) is 0 Å². The van der Waals surface area contributed by atoms with Gasteiger partial charge in [0, 0.05) is 5.75 Å². The number of carbonyl (C=O) groups excluding carboxylic acids is 1. The molecule has 1 saturated heterocycles. The maximum absolute atomic E-state index is 12.5. The van der Waals surface area contributed by atoms with Gasteiger partial charge < -0.3 is 15.5 Å². The van der Waals surface area contributed by atoms with Crippen molar-refractivity contribution in [2.75, 3.05) is 5.75 Å². The average Bonchev–Trinajstić information content (AvgIpc) is 2.79. The first-order chi connectivity index (χ1) is 10.0. The van der Waals surface area contributed by atoms with Crippen molar-refractivity contribution < 1.29 is 19.8 Å². The van der Waals surface area contributed by atoms with Crippen molar-refractivity contribution >= 4 is 23.8 Å². The third-order valence-corrected chi connectivity index (χ3v) is 5.70. The molecule has 1 saturated carbocycles. The number of amides is 2. The highest BCUT2D eigenvalue weighted by atomic mass is 32.2. The molecule has 2 amide bonds. The van der Waals surface area contributed by atoms with Gasteiger partial charge in [0.1, 0.15) is 6.04 Å². The van der Waals surface area contributed by atoms with Crippen LogP contribution in [0.15, 0.2) is 0 Å². The van der Waals surface area contributed by atoms with E-state index in [1.165, 1.54) is 16.7 Å². The van der Waals surface area contributed by atoms with Gasteiger partial charge in [-0.1, -0.05) is 26.2 Å². The van der Waals surface area contributed by atoms with Crippen molar-refractivity contribution in [1.82, 2.24) is 10.2 Å². The van der Waals surface area contributed by atoms with Gasteiger partial charge in [0.05, 0.1) is 17.5 Å². The van der Waals surface area contributed by atoms with Gasteiger partial charge in [-0.25, -0.2) is 9.59 Å². The van der Waals surface area contributed by atoms with Gasteiger partial charge in [-0.05, 0) is 19.3 Å². The molecule has 0 aromatic rings. The largest absolute Gasteiger partial charge is 0.480 e. The summed E-state index contributed by atoms with van der Waals surface area (Å²) < 4.78 is 0. The minimum absolute atomic E-state index is 0.103. The zero-order valence-corrected chi connectivity index (χ0v) is 13.1.